The minimum Gasteiger partial charge on any atom is -0.386 e. The van der Waals surface area contributed by atoms with Crippen LogP contribution in [0, 0.1) is 0 Å². The van der Waals surface area contributed by atoms with Gasteiger partial charge in [0.05, 0.1) is 25.0 Å². The van der Waals surface area contributed by atoms with Gasteiger partial charge in [0.1, 0.15) is 0 Å². The second-order valence-electron chi connectivity index (χ2n) is 9.78. The van der Waals surface area contributed by atoms with E-state index < -0.39 is 55.0 Å². The van der Waals surface area contributed by atoms with Gasteiger partial charge in [-0.05, 0) is 41.3 Å². The molecule has 4 N–H and O–H groups in total. The maximum Gasteiger partial charge on any atom is 0.491 e. The Hall–Kier alpha value is -4.91. The van der Waals surface area contributed by atoms with Gasteiger partial charge in [-0.3, -0.25) is 14.4 Å². The van der Waals surface area contributed by atoms with Crippen LogP contribution >= 0.6 is 11.6 Å². The van der Waals surface area contributed by atoms with E-state index in [0.29, 0.717) is 10.6 Å². The summed E-state index contributed by atoms with van der Waals surface area (Å²) in [6.07, 6.45) is -6.33. The van der Waals surface area contributed by atoms with Crippen molar-refractivity contribution in [3.05, 3.63) is 95.0 Å². The lowest BCUT2D eigenvalue weighted by Gasteiger charge is -2.19. The molecule has 0 fully saturated rings. The molecule has 0 spiro atoms. The fourth-order valence-corrected chi connectivity index (χ4v) is 4.27. The fourth-order valence-electron chi connectivity index (χ4n) is 4.07. The third-order valence-electron chi connectivity index (χ3n) is 6.34. The van der Waals surface area contributed by atoms with Crippen LogP contribution in [0.5, 0.6) is 0 Å². The smallest absolute Gasteiger partial charge is 0.386 e. The van der Waals surface area contributed by atoms with Gasteiger partial charge < -0.3 is 26.0 Å². The van der Waals surface area contributed by atoms with Gasteiger partial charge in [0.2, 0.25) is 11.8 Å². The molecule has 45 heavy (non-hydrogen) atoms. The number of alkyl halides is 3. The average molecular weight is 647 g/mol. The largest absolute Gasteiger partial charge is 0.491 e. The van der Waals surface area contributed by atoms with Gasteiger partial charge in [-0.15, -0.1) is 0 Å². The minimum absolute atomic E-state index is 0.0446. The summed E-state index contributed by atoms with van der Waals surface area (Å²) in [6.45, 7) is 1.18. The number of hydrogen-bond donors (Lipinski definition) is 4. The average Bonchev–Trinajstić information content (AvgIpc) is 2.99. The van der Waals surface area contributed by atoms with Crippen molar-refractivity contribution < 1.29 is 41.9 Å². The van der Waals surface area contributed by atoms with E-state index in [4.69, 9.17) is 11.6 Å². The number of ether oxygens (including phenoxy) is 1. The van der Waals surface area contributed by atoms with E-state index in [1.54, 1.807) is 55.5 Å². The first-order chi connectivity index (χ1) is 21.3. The van der Waals surface area contributed by atoms with Crippen molar-refractivity contribution in [3.63, 3.8) is 0 Å². The standard InChI is InChI=1S/C31H30ClF3N4O6/c1-19(23-8-5-9-24(32)16-23)38-30(44)36-15-14-26(40)37-18-27(41)39-25(17-28(42)45-29(43)31(33,34)35)22-12-10-21(11-13-22)20-6-3-2-4-7-20/h2-13,16,19,25H,14-15,17-18H2,1H3,(H,37,40)(H,39,41)(H2,36,38,44). The lowest BCUT2D eigenvalue weighted by Crippen LogP contribution is -2.41. The summed E-state index contributed by atoms with van der Waals surface area (Å²) in [7, 11) is 0. The number of carbonyl (C=O) groups excluding carboxylic acids is 5. The number of hydrogen-bond acceptors (Lipinski definition) is 6. The highest BCUT2D eigenvalue weighted by Crippen LogP contribution is 2.25. The van der Waals surface area contributed by atoms with Crippen molar-refractivity contribution in [3.8, 4) is 11.1 Å². The first kappa shape index (κ1) is 34.6. The van der Waals surface area contributed by atoms with Gasteiger partial charge in [0.15, 0.2) is 0 Å². The Balaban J connectivity index is 1.52. The van der Waals surface area contributed by atoms with Crippen LogP contribution in [-0.2, 0) is 23.9 Å². The van der Waals surface area contributed by atoms with Crippen LogP contribution < -0.4 is 21.3 Å². The summed E-state index contributed by atoms with van der Waals surface area (Å²) < 4.78 is 41.6. The highest BCUT2D eigenvalue weighted by Gasteiger charge is 2.42. The van der Waals surface area contributed by atoms with Crippen molar-refractivity contribution in [2.24, 2.45) is 0 Å². The molecule has 10 nitrogen and oxygen atoms in total. The normalized spacial score (nSPS) is 12.3. The Morgan fingerprint density at radius 2 is 1.47 bits per heavy atom. The van der Waals surface area contributed by atoms with E-state index in [0.717, 1.165) is 16.7 Å². The van der Waals surface area contributed by atoms with Crippen LogP contribution in [0.15, 0.2) is 78.9 Å². The van der Waals surface area contributed by atoms with Crippen LogP contribution in [0.1, 0.15) is 43.0 Å². The van der Waals surface area contributed by atoms with Gasteiger partial charge in [-0.2, -0.15) is 13.2 Å². The van der Waals surface area contributed by atoms with E-state index in [-0.39, 0.29) is 19.0 Å². The van der Waals surface area contributed by atoms with Crippen LogP contribution in [0.25, 0.3) is 11.1 Å². The van der Waals surface area contributed by atoms with E-state index in [9.17, 15) is 37.1 Å². The van der Waals surface area contributed by atoms with Crippen molar-refractivity contribution in [1.82, 2.24) is 21.3 Å². The molecule has 238 valence electrons. The highest BCUT2D eigenvalue weighted by atomic mass is 35.5. The van der Waals surface area contributed by atoms with Gasteiger partial charge in [-0.1, -0.05) is 78.3 Å². The highest BCUT2D eigenvalue weighted by molar-refractivity contribution is 6.30. The Bertz CT molecular complexity index is 1500. The maximum absolute atomic E-state index is 12.6. The molecule has 2 atom stereocenters. The Morgan fingerprint density at radius 1 is 0.800 bits per heavy atom. The molecule has 0 aliphatic carbocycles. The predicted octanol–water partition coefficient (Wildman–Crippen LogP) is 4.75. The maximum atomic E-state index is 12.6. The molecule has 3 aromatic rings. The van der Waals surface area contributed by atoms with E-state index in [1.165, 1.54) is 0 Å². The molecule has 0 saturated heterocycles. The molecule has 0 saturated carbocycles. The zero-order chi connectivity index (χ0) is 33.0. The quantitative estimate of drug-likeness (QED) is 0.165. The SMILES string of the molecule is CC(NC(=O)NCCC(=O)NCC(=O)NC(CC(=O)OC(=O)C(F)(F)F)c1ccc(-c2ccccc2)cc1)c1cccc(Cl)c1. The van der Waals surface area contributed by atoms with Crippen LogP contribution in [-0.4, -0.2) is 49.0 Å². The number of esters is 2. The van der Waals surface area contributed by atoms with E-state index >= 15 is 0 Å². The Kier molecular flexibility index (Phi) is 12.5. The topological polar surface area (TPSA) is 143 Å². The summed E-state index contributed by atoms with van der Waals surface area (Å²) in [5.74, 6) is -5.53. The zero-order valence-electron chi connectivity index (χ0n) is 24.0. The van der Waals surface area contributed by atoms with Crippen molar-refractivity contribution in [2.45, 2.75) is 38.0 Å². The summed E-state index contributed by atoms with van der Waals surface area (Å²) in [4.78, 5) is 60.3. The van der Waals surface area contributed by atoms with Gasteiger partial charge in [0, 0.05) is 18.0 Å². The molecule has 3 rings (SSSR count). The van der Waals surface area contributed by atoms with Gasteiger partial charge >= 0.3 is 24.1 Å². The number of halogens is 4. The van der Waals surface area contributed by atoms with Crippen LogP contribution in [0.3, 0.4) is 0 Å². The first-order valence-electron chi connectivity index (χ1n) is 13.6. The van der Waals surface area contributed by atoms with Crippen LogP contribution in [0.4, 0.5) is 18.0 Å². The summed E-state index contributed by atoms with van der Waals surface area (Å²) in [5, 5.41) is 10.6. The number of nitrogens with one attached hydrogen (secondary N) is 4. The fraction of sp³-hybridized carbons (Fsp3) is 0.258. The molecule has 3 aromatic carbocycles. The molecule has 0 bridgehead atoms. The monoisotopic (exact) mass is 646 g/mol. The number of carbonyl (C=O) groups is 5. The van der Waals surface area contributed by atoms with E-state index in [2.05, 4.69) is 26.0 Å². The molecule has 0 aromatic heterocycles. The Labute approximate surface area is 261 Å². The van der Waals surface area contributed by atoms with Crippen molar-refractivity contribution in [1.29, 1.82) is 0 Å². The van der Waals surface area contributed by atoms with Gasteiger partial charge in [-0.25, -0.2) is 9.59 Å². The molecule has 4 amide bonds. The third kappa shape index (κ3) is 11.6. The molecular formula is C31H30ClF3N4O6. The molecule has 0 radical (unpaired) electrons. The molecule has 0 aliphatic heterocycles. The lowest BCUT2D eigenvalue weighted by molar-refractivity contribution is -0.202. The number of rotatable bonds is 12. The summed E-state index contributed by atoms with van der Waals surface area (Å²) >= 11 is 5.97. The number of urea groups is 1. The third-order valence-corrected chi connectivity index (χ3v) is 6.58. The Morgan fingerprint density at radius 3 is 2.11 bits per heavy atom. The van der Waals surface area contributed by atoms with E-state index in [1.807, 2.05) is 30.3 Å². The first-order valence-corrected chi connectivity index (χ1v) is 14.0. The summed E-state index contributed by atoms with van der Waals surface area (Å²) in [5.41, 5.74) is 2.80. The van der Waals surface area contributed by atoms with Crippen molar-refractivity contribution >= 4 is 41.4 Å². The number of amides is 4. The second-order valence-corrected chi connectivity index (χ2v) is 10.2. The molecule has 2 unspecified atom stereocenters. The lowest BCUT2D eigenvalue weighted by atomic mass is 9.99. The predicted molar refractivity (Wildman–Crippen MR) is 159 cm³/mol. The second kappa shape index (κ2) is 16.2. The number of benzene rings is 3. The molecule has 0 aliphatic rings. The zero-order valence-corrected chi connectivity index (χ0v) is 24.7. The van der Waals surface area contributed by atoms with Gasteiger partial charge in [0.25, 0.3) is 0 Å². The molecule has 0 heterocycles. The van der Waals surface area contributed by atoms with Crippen LogP contribution in [0.2, 0.25) is 5.02 Å². The minimum atomic E-state index is -5.38. The summed E-state index contributed by atoms with van der Waals surface area (Å²) in [6, 6.07) is 20.6. The molecule has 14 heteroatoms. The van der Waals surface area contributed by atoms with Crippen molar-refractivity contribution in [2.75, 3.05) is 13.1 Å². The molecular weight excluding hydrogens is 617 g/mol.